The average Bonchev–Trinajstić information content (AvgIpc) is 3.26. The van der Waals surface area contributed by atoms with E-state index in [1.54, 1.807) is 25.3 Å². The molecule has 0 saturated heterocycles. The molecule has 0 aliphatic heterocycles. The molecule has 0 spiro atoms. The van der Waals surface area contributed by atoms with E-state index < -0.39 is 5.91 Å². The molecular weight excluding hydrogens is 454 g/mol. The van der Waals surface area contributed by atoms with E-state index >= 15 is 0 Å². The first-order valence-corrected chi connectivity index (χ1v) is 11.5. The lowest BCUT2D eigenvalue weighted by Crippen LogP contribution is -2.14. The summed E-state index contributed by atoms with van der Waals surface area (Å²) in [6, 6.07) is 13.6. The second-order valence-electron chi connectivity index (χ2n) is 8.37. The Morgan fingerprint density at radius 2 is 1.94 bits per heavy atom. The van der Waals surface area contributed by atoms with E-state index in [0.29, 0.717) is 23.9 Å². The van der Waals surface area contributed by atoms with Crippen molar-refractivity contribution < 1.29 is 14.3 Å². The van der Waals surface area contributed by atoms with Gasteiger partial charge in [-0.1, -0.05) is 17.7 Å². The largest absolute Gasteiger partial charge is 0.493 e. The molecule has 0 bridgehead atoms. The number of fused-ring (bicyclic) bond motifs is 1. The first-order valence-electron chi connectivity index (χ1n) is 11.5. The fraction of sp³-hybridized carbons (Fsp3) is 0.214. The lowest BCUT2D eigenvalue weighted by atomic mass is 10.0. The minimum Gasteiger partial charge on any atom is -0.493 e. The van der Waals surface area contributed by atoms with Gasteiger partial charge in [0.25, 0.3) is 0 Å². The van der Waals surface area contributed by atoms with Crippen LogP contribution in [0.2, 0.25) is 0 Å². The number of aryl methyl sites for hydroxylation is 3. The summed E-state index contributed by atoms with van der Waals surface area (Å²) in [5.41, 5.74) is 5.08. The van der Waals surface area contributed by atoms with Crippen molar-refractivity contribution in [2.45, 2.75) is 27.7 Å². The van der Waals surface area contributed by atoms with Gasteiger partial charge in [-0.05, 0) is 74.7 Å². The number of rotatable bonds is 7. The van der Waals surface area contributed by atoms with Crippen LogP contribution >= 0.6 is 0 Å². The average molecular weight is 482 g/mol. The van der Waals surface area contributed by atoms with Crippen molar-refractivity contribution in [1.29, 1.82) is 5.26 Å². The molecule has 2 aromatic heterocycles. The molecular formula is C28H27N5O3. The van der Waals surface area contributed by atoms with Gasteiger partial charge < -0.3 is 14.8 Å². The number of pyridine rings is 1. The molecule has 182 valence electrons. The second kappa shape index (κ2) is 10.3. The van der Waals surface area contributed by atoms with Crippen molar-refractivity contribution in [3.63, 3.8) is 0 Å². The van der Waals surface area contributed by atoms with Crippen LogP contribution in [0.5, 0.6) is 11.5 Å². The molecule has 8 nitrogen and oxygen atoms in total. The summed E-state index contributed by atoms with van der Waals surface area (Å²) in [5, 5.41) is 17.8. The van der Waals surface area contributed by atoms with E-state index in [1.807, 2.05) is 32.9 Å². The van der Waals surface area contributed by atoms with Crippen LogP contribution in [-0.2, 0) is 4.79 Å². The van der Waals surface area contributed by atoms with E-state index in [1.165, 1.54) is 17.0 Å². The molecule has 0 radical (unpaired) electrons. The third-order valence-corrected chi connectivity index (χ3v) is 5.70. The van der Waals surface area contributed by atoms with Crippen LogP contribution in [0.3, 0.4) is 0 Å². The van der Waals surface area contributed by atoms with Crippen LogP contribution in [0.25, 0.3) is 22.8 Å². The highest BCUT2D eigenvalue weighted by Gasteiger charge is 2.17. The van der Waals surface area contributed by atoms with Crippen molar-refractivity contribution >= 4 is 28.7 Å². The molecule has 0 saturated carbocycles. The molecule has 0 fully saturated rings. The number of nitriles is 1. The fourth-order valence-corrected chi connectivity index (χ4v) is 4.05. The molecule has 1 amide bonds. The predicted molar refractivity (Wildman–Crippen MR) is 140 cm³/mol. The van der Waals surface area contributed by atoms with Crippen molar-refractivity contribution in [1.82, 2.24) is 14.8 Å². The number of amides is 1. The number of hydrogen-bond acceptors (Lipinski definition) is 6. The number of hydrogen-bond donors (Lipinski definition) is 1. The van der Waals surface area contributed by atoms with E-state index in [2.05, 4.69) is 35.5 Å². The van der Waals surface area contributed by atoms with Gasteiger partial charge in [0, 0.05) is 11.5 Å². The minimum atomic E-state index is -0.412. The highest BCUT2D eigenvalue weighted by molar-refractivity contribution is 6.02. The Labute approximate surface area is 209 Å². The highest BCUT2D eigenvalue weighted by Crippen LogP contribution is 2.29. The van der Waals surface area contributed by atoms with Crippen LogP contribution in [0.1, 0.15) is 34.7 Å². The third-order valence-electron chi connectivity index (χ3n) is 5.70. The Hall–Kier alpha value is -4.64. The van der Waals surface area contributed by atoms with E-state index in [-0.39, 0.29) is 11.4 Å². The molecule has 0 atom stereocenters. The summed E-state index contributed by atoms with van der Waals surface area (Å²) in [7, 11) is 1.56. The first kappa shape index (κ1) is 24.5. The van der Waals surface area contributed by atoms with Gasteiger partial charge in [0.15, 0.2) is 23.1 Å². The molecule has 4 rings (SSSR count). The third kappa shape index (κ3) is 4.91. The maximum Gasteiger partial charge on any atom is 0.249 e. The van der Waals surface area contributed by atoms with Crippen LogP contribution in [0, 0.1) is 32.1 Å². The number of anilines is 1. The molecule has 4 aromatic rings. The Bertz CT molecular complexity index is 1530. The van der Waals surface area contributed by atoms with Crippen LogP contribution in [0.15, 0.2) is 48.7 Å². The molecule has 1 N–H and O–H groups in total. The number of carbonyl (C=O) groups is 1. The summed E-state index contributed by atoms with van der Waals surface area (Å²) < 4.78 is 12.4. The van der Waals surface area contributed by atoms with Crippen molar-refractivity contribution in [2.24, 2.45) is 0 Å². The van der Waals surface area contributed by atoms with Crippen LogP contribution < -0.4 is 14.8 Å². The van der Waals surface area contributed by atoms with Gasteiger partial charge in [-0.3, -0.25) is 4.79 Å². The quantitative estimate of drug-likeness (QED) is 0.361. The predicted octanol–water partition coefficient (Wildman–Crippen LogP) is 5.28. The summed E-state index contributed by atoms with van der Waals surface area (Å²) in [5.74, 6) is 1.57. The van der Waals surface area contributed by atoms with Gasteiger partial charge in [-0.25, -0.2) is 4.98 Å². The summed E-state index contributed by atoms with van der Waals surface area (Å²) in [4.78, 5) is 17.6. The molecule has 0 aliphatic rings. The molecule has 2 heterocycles. The van der Waals surface area contributed by atoms with Gasteiger partial charge >= 0.3 is 0 Å². The monoisotopic (exact) mass is 481 g/mol. The first-order chi connectivity index (χ1) is 17.3. The molecule has 2 aromatic carbocycles. The summed E-state index contributed by atoms with van der Waals surface area (Å²) in [6.07, 6.45) is 4.46. The number of nitrogens with one attached hydrogen (secondary N) is 1. The minimum absolute atomic E-state index is 0.236. The zero-order chi connectivity index (χ0) is 25.8. The zero-order valence-electron chi connectivity index (χ0n) is 20.9. The standard InChI is InChI=1S/C28H27N5O3/c1-6-36-23-9-7-20(14-24(23)35-5)8-10-26(34)32-28-21(15-29)16-30-33(28)25-13-18(3)22-12-17(2)11-19(4)27(22)31-25/h7-14,16H,6H2,1-5H3,(H,32,34)/b10-8+. The maximum atomic E-state index is 12.8. The Balaban J connectivity index is 1.64. The lowest BCUT2D eigenvalue weighted by molar-refractivity contribution is -0.111. The van der Waals surface area contributed by atoms with Gasteiger partial charge in [0.2, 0.25) is 5.91 Å². The Morgan fingerprint density at radius 3 is 2.67 bits per heavy atom. The molecule has 36 heavy (non-hydrogen) atoms. The summed E-state index contributed by atoms with van der Waals surface area (Å²) >= 11 is 0. The molecule has 0 unspecified atom stereocenters. The maximum absolute atomic E-state index is 12.8. The zero-order valence-corrected chi connectivity index (χ0v) is 20.9. The van der Waals surface area contributed by atoms with Gasteiger partial charge in [0.1, 0.15) is 11.6 Å². The van der Waals surface area contributed by atoms with Gasteiger partial charge in [-0.2, -0.15) is 15.0 Å². The van der Waals surface area contributed by atoms with Crippen molar-refractivity contribution in [3.05, 3.63) is 76.5 Å². The Morgan fingerprint density at radius 1 is 1.14 bits per heavy atom. The topological polar surface area (TPSA) is 102 Å². The Kier molecular flexibility index (Phi) is 7.02. The lowest BCUT2D eigenvalue weighted by Gasteiger charge is -2.12. The number of methoxy groups -OCH3 is 1. The molecule has 0 aliphatic carbocycles. The number of aromatic nitrogens is 3. The van der Waals surface area contributed by atoms with Gasteiger partial charge in [0.05, 0.1) is 25.4 Å². The van der Waals surface area contributed by atoms with Crippen molar-refractivity contribution in [2.75, 3.05) is 19.0 Å². The van der Waals surface area contributed by atoms with Crippen molar-refractivity contribution in [3.8, 4) is 23.4 Å². The molecule has 8 heteroatoms. The smallest absolute Gasteiger partial charge is 0.249 e. The number of carbonyl (C=O) groups excluding carboxylic acids is 1. The normalized spacial score (nSPS) is 11.0. The highest BCUT2D eigenvalue weighted by atomic mass is 16.5. The number of nitrogens with zero attached hydrogens (tertiary/aromatic N) is 4. The van der Waals surface area contributed by atoms with E-state index in [0.717, 1.165) is 33.2 Å². The SMILES string of the molecule is CCOc1ccc(/C=C/C(=O)Nc2c(C#N)cnn2-c2cc(C)c3cc(C)cc(C)c3n2)cc1OC. The van der Waals surface area contributed by atoms with Gasteiger partial charge in [-0.15, -0.1) is 0 Å². The number of benzene rings is 2. The van der Waals surface area contributed by atoms with Crippen LogP contribution in [0.4, 0.5) is 5.82 Å². The van der Waals surface area contributed by atoms with E-state index in [4.69, 9.17) is 14.5 Å². The summed E-state index contributed by atoms with van der Waals surface area (Å²) in [6.45, 7) is 8.49. The van der Waals surface area contributed by atoms with Crippen LogP contribution in [-0.4, -0.2) is 34.4 Å². The second-order valence-corrected chi connectivity index (χ2v) is 8.37. The fourth-order valence-electron chi connectivity index (χ4n) is 4.05. The number of ether oxygens (including phenoxy) is 2. The van der Waals surface area contributed by atoms with E-state index in [9.17, 15) is 10.1 Å².